The Morgan fingerprint density at radius 1 is 1.29 bits per heavy atom. The second kappa shape index (κ2) is 5.51. The van der Waals surface area contributed by atoms with E-state index in [1.165, 1.54) is 0 Å². The molecule has 0 bridgehead atoms. The van der Waals surface area contributed by atoms with Gasteiger partial charge in [0.1, 0.15) is 0 Å². The highest BCUT2D eigenvalue weighted by Crippen LogP contribution is 2.18. The number of benzene rings is 1. The van der Waals surface area contributed by atoms with Gasteiger partial charge in [-0.1, -0.05) is 19.1 Å². The van der Waals surface area contributed by atoms with Crippen molar-refractivity contribution in [3.05, 3.63) is 29.3 Å². The average molecular weight is 256 g/mol. The number of rotatable bonds is 5. The van der Waals surface area contributed by atoms with Crippen molar-refractivity contribution in [3.63, 3.8) is 0 Å². The molecule has 0 spiro atoms. The Hall–Kier alpha value is -1.07. The Kier molecular flexibility index (Phi) is 4.54. The lowest BCUT2D eigenvalue weighted by Crippen LogP contribution is -2.35. The van der Waals surface area contributed by atoms with Crippen molar-refractivity contribution in [3.8, 4) is 0 Å². The predicted octanol–water partition coefficient (Wildman–Crippen LogP) is 2.21. The smallest absolute Gasteiger partial charge is 0.271 e. The molecule has 0 aromatic heterocycles. The first-order valence-electron chi connectivity index (χ1n) is 5.73. The second-order valence-electron chi connectivity index (χ2n) is 4.38. The van der Waals surface area contributed by atoms with E-state index in [2.05, 4.69) is 9.44 Å². The zero-order valence-electron chi connectivity index (χ0n) is 10.7. The molecular formula is C12H20N2O2S. The van der Waals surface area contributed by atoms with Crippen molar-refractivity contribution < 1.29 is 8.42 Å². The van der Waals surface area contributed by atoms with E-state index in [1.807, 2.05) is 32.0 Å². The van der Waals surface area contributed by atoms with Crippen LogP contribution < -0.4 is 9.44 Å². The molecule has 0 unspecified atom stereocenters. The molecule has 4 nitrogen and oxygen atoms in total. The lowest BCUT2D eigenvalue weighted by atomic mass is 10.1. The quantitative estimate of drug-likeness (QED) is 0.848. The van der Waals surface area contributed by atoms with Gasteiger partial charge in [-0.3, -0.25) is 4.72 Å². The van der Waals surface area contributed by atoms with Crippen LogP contribution in [-0.2, 0) is 16.6 Å². The molecule has 1 aromatic rings. The van der Waals surface area contributed by atoms with Crippen LogP contribution in [0.15, 0.2) is 18.2 Å². The third-order valence-electron chi connectivity index (χ3n) is 2.35. The van der Waals surface area contributed by atoms with Crippen LogP contribution in [0.3, 0.4) is 0 Å². The van der Waals surface area contributed by atoms with E-state index in [-0.39, 0.29) is 6.04 Å². The van der Waals surface area contributed by atoms with Gasteiger partial charge in [-0.15, -0.1) is 0 Å². The van der Waals surface area contributed by atoms with Crippen molar-refractivity contribution in [1.29, 1.82) is 0 Å². The topological polar surface area (TPSA) is 58.2 Å². The van der Waals surface area contributed by atoms with Crippen molar-refractivity contribution in [2.75, 3.05) is 4.72 Å². The van der Waals surface area contributed by atoms with E-state index in [9.17, 15) is 8.42 Å². The maximum atomic E-state index is 11.7. The summed E-state index contributed by atoms with van der Waals surface area (Å²) >= 11 is 0. The number of hydrogen-bond acceptors (Lipinski definition) is 2. The zero-order chi connectivity index (χ0) is 13.1. The van der Waals surface area contributed by atoms with Gasteiger partial charge in [0.15, 0.2) is 0 Å². The number of anilines is 1. The maximum Gasteiger partial charge on any atom is 0.299 e. The van der Waals surface area contributed by atoms with Crippen LogP contribution in [0.2, 0.25) is 0 Å². The number of hydrogen-bond donors (Lipinski definition) is 2. The van der Waals surface area contributed by atoms with Gasteiger partial charge >= 0.3 is 0 Å². The minimum Gasteiger partial charge on any atom is -0.271 e. The summed E-state index contributed by atoms with van der Waals surface area (Å²) < 4.78 is 28.5. The Bertz CT molecular complexity index is 481. The summed E-state index contributed by atoms with van der Waals surface area (Å²) in [5, 5.41) is 0. The molecule has 0 aliphatic heterocycles. The highest BCUT2D eigenvalue weighted by molar-refractivity contribution is 7.90. The summed E-state index contributed by atoms with van der Waals surface area (Å²) in [6, 6.07) is 5.67. The molecule has 0 saturated heterocycles. The third-order valence-corrected chi connectivity index (χ3v) is 3.62. The van der Waals surface area contributed by atoms with Gasteiger partial charge in [-0.25, -0.2) is 0 Å². The molecule has 0 amide bonds. The molecule has 0 fully saturated rings. The fourth-order valence-corrected chi connectivity index (χ4v) is 2.67. The van der Waals surface area contributed by atoms with Crippen LogP contribution >= 0.6 is 0 Å². The van der Waals surface area contributed by atoms with Gasteiger partial charge in [0.05, 0.1) is 5.69 Å². The summed E-state index contributed by atoms with van der Waals surface area (Å²) in [5.41, 5.74) is 2.66. The van der Waals surface area contributed by atoms with Crippen molar-refractivity contribution in [1.82, 2.24) is 4.72 Å². The molecule has 0 aliphatic rings. The van der Waals surface area contributed by atoms with Gasteiger partial charge in [-0.2, -0.15) is 13.1 Å². The molecule has 1 rings (SSSR count). The molecule has 2 N–H and O–H groups in total. The summed E-state index contributed by atoms with van der Waals surface area (Å²) in [5.74, 6) is 0. The van der Waals surface area contributed by atoms with Gasteiger partial charge in [-0.05, 0) is 44.4 Å². The molecule has 1 aromatic carbocycles. The molecule has 0 radical (unpaired) electrons. The standard InChI is InChI=1S/C12H20N2O2S/c1-5-11-7-6-10(4)12(8-11)14-17(15,16)13-9(2)3/h6-9,13-14H,5H2,1-4H3. The third kappa shape index (κ3) is 4.36. The van der Waals surface area contributed by atoms with Crippen LogP contribution in [0.4, 0.5) is 5.69 Å². The van der Waals surface area contributed by atoms with Gasteiger partial charge in [0, 0.05) is 6.04 Å². The van der Waals surface area contributed by atoms with Gasteiger partial charge in [0.25, 0.3) is 10.2 Å². The molecule has 5 heteroatoms. The zero-order valence-corrected chi connectivity index (χ0v) is 11.6. The number of aryl methyl sites for hydroxylation is 2. The largest absolute Gasteiger partial charge is 0.299 e. The Balaban J connectivity index is 2.94. The molecule has 96 valence electrons. The summed E-state index contributed by atoms with van der Waals surface area (Å²) in [6.07, 6.45) is 0.882. The first kappa shape index (κ1) is 14.0. The Morgan fingerprint density at radius 3 is 2.47 bits per heavy atom. The maximum absolute atomic E-state index is 11.7. The van der Waals surface area contributed by atoms with Crippen molar-refractivity contribution in [2.24, 2.45) is 0 Å². The van der Waals surface area contributed by atoms with Crippen LogP contribution in [-0.4, -0.2) is 14.5 Å². The first-order chi connectivity index (χ1) is 7.84. The lowest BCUT2D eigenvalue weighted by molar-refractivity contribution is 0.575. The van der Waals surface area contributed by atoms with Gasteiger partial charge < -0.3 is 0 Å². The predicted molar refractivity (Wildman–Crippen MR) is 71.4 cm³/mol. The van der Waals surface area contributed by atoms with Crippen LogP contribution in [0, 0.1) is 6.92 Å². The minimum absolute atomic E-state index is 0.123. The average Bonchev–Trinajstić information content (AvgIpc) is 2.19. The Labute approximate surface area is 104 Å². The molecule has 0 atom stereocenters. The van der Waals surface area contributed by atoms with E-state index in [0.717, 1.165) is 17.5 Å². The summed E-state index contributed by atoms with van der Waals surface area (Å²) in [6.45, 7) is 7.49. The van der Waals surface area contributed by atoms with E-state index >= 15 is 0 Å². The SMILES string of the molecule is CCc1ccc(C)c(NS(=O)(=O)NC(C)C)c1. The molecule has 0 heterocycles. The highest BCUT2D eigenvalue weighted by atomic mass is 32.2. The molecule has 0 saturated carbocycles. The first-order valence-corrected chi connectivity index (χ1v) is 7.22. The Morgan fingerprint density at radius 2 is 1.94 bits per heavy atom. The highest BCUT2D eigenvalue weighted by Gasteiger charge is 2.12. The van der Waals surface area contributed by atoms with Crippen LogP contribution in [0.1, 0.15) is 31.9 Å². The van der Waals surface area contributed by atoms with E-state index in [0.29, 0.717) is 5.69 Å². The number of nitrogens with one attached hydrogen (secondary N) is 2. The molecule has 0 aliphatic carbocycles. The van der Waals surface area contributed by atoms with Crippen molar-refractivity contribution >= 4 is 15.9 Å². The summed E-state index contributed by atoms with van der Waals surface area (Å²) in [7, 11) is -3.48. The molecule has 17 heavy (non-hydrogen) atoms. The fourth-order valence-electron chi connectivity index (χ4n) is 1.48. The van der Waals surface area contributed by atoms with E-state index in [1.54, 1.807) is 13.8 Å². The normalized spacial score (nSPS) is 11.8. The van der Waals surface area contributed by atoms with Crippen molar-refractivity contribution in [2.45, 2.75) is 40.2 Å². The van der Waals surface area contributed by atoms with E-state index in [4.69, 9.17) is 0 Å². The minimum atomic E-state index is -3.48. The fraction of sp³-hybridized carbons (Fsp3) is 0.500. The van der Waals surface area contributed by atoms with Gasteiger partial charge in [0.2, 0.25) is 0 Å². The second-order valence-corrected chi connectivity index (χ2v) is 5.83. The molecular weight excluding hydrogens is 236 g/mol. The van der Waals surface area contributed by atoms with E-state index < -0.39 is 10.2 Å². The monoisotopic (exact) mass is 256 g/mol. The summed E-state index contributed by atoms with van der Waals surface area (Å²) in [4.78, 5) is 0. The lowest BCUT2D eigenvalue weighted by Gasteiger charge is -2.14. The van der Waals surface area contributed by atoms with Crippen LogP contribution in [0.5, 0.6) is 0 Å². The van der Waals surface area contributed by atoms with Crippen LogP contribution in [0.25, 0.3) is 0 Å².